The van der Waals surface area contributed by atoms with Gasteiger partial charge in [0.2, 0.25) is 0 Å². The number of rotatable bonds is 7. The number of nitrogens with zero attached hydrogens (tertiary/aromatic N) is 3. The molecule has 0 N–H and O–H groups in total. The average Bonchev–Trinajstić information content (AvgIpc) is 3.09. The van der Waals surface area contributed by atoms with Gasteiger partial charge in [0.25, 0.3) is 11.5 Å². The van der Waals surface area contributed by atoms with E-state index in [2.05, 4.69) is 11.0 Å². The van der Waals surface area contributed by atoms with Crippen molar-refractivity contribution in [1.29, 1.82) is 0 Å². The number of fused-ring (bicyclic) bond motifs is 1. The minimum atomic E-state index is -0.133. The Morgan fingerprint density at radius 3 is 2.39 bits per heavy atom. The fraction of sp³-hybridized carbons (Fsp3) is 0.367. The van der Waals surface area contributed by atoms with Gasteiger partial charge in [0.05, 0.1) is 28.8 Å². The van der Waals surface area contributed by atoms with E-state index in [0.29, 0.717) is 34.3 Å². The van der Waals surface area contributed by atoms with E-state index in [1.807, 2.05) is 54.0 Å². The van der Waals surface area contributed by atoms with Crippen molar-refractivity contribution in [1.82, 2.24) is 9.47 Å². The molecule has 2 aromatic carbocycles. The van der Waals surface area contributed by atoms with Crippen LogP contribution in [0.25, 0.3) is 17.0 Å². The summed E-state index contributed by atoms with van der Waals surface area (Å²) in [4.78, 5) is 31.9. The second-order valence-corrected chi connectivity index (χ2v) is 11.3. The molecule has 0 saturated carbocycles. The Balaban J connectivity index is 1.52. The SMILES string of the molecule is CCn1c(=O)c(C=C2SC(=S)N(CCc3ccc(OC)cc3)C2=O)c(N2CCCCCC2)c2ccccc21. The summed E-state index contributed by atoms with van der Waals surface area (Å²) in [6.07, 6.45) is 7.07. The molecule has 3 aromatic rings. The number of para-hydroxylation sites is 1. The lowest BCUT2D eigenvalue weighted by molar-refractivity contribution is -0.122. The highest BCUT2D eigenvalue weighted by atomic mass is 32.2. The minimum absolute atomic E-state index is 0.0612. The van der Waals surface area contributed by atoms with Crippen LogP contribution in [-0.4, -0.2) is 46.4 Å². The Morgan fingerprint density at radius 1 is 1.00 bits per heavy atom. The zero-order valence-corrected chi connectivity index (χ0v) is 23.6. The number of aromatic nitrogens is 1. The molecule has 2 fully saturated rings. The summed E-state index contributed by atoms with van der Waals surface area (Å²) in [6.45, 7) is 4.85. The number of thioether (sulfide) groups is 1. The second kappa shape index (κ2) is 11.7. The van der Waals surface area contributed by atoms with E-state index in [1.165, 1.54) is 24.6 Å². The molecular formula is C30H33N3O3S2. The van der Waals surface area contributed by atoms with Crippen LogP contribution in [0, 0.1) is 0 Å². The zero-order chi connectivity index (χ0) is 26.6. The summed E-state index contributed by atoms with van der Waals surface area (Å²) in [6, 6.07) is 16.0. The van der Waals surface area contributed by atoms with Crippen LogP contribution in [0.15, 0.2) is 58.2 Å². The first kappa shape index (κ1) is 26.5. The molecule has 6 nitrogen and oxygen atoms in total. The summed E-state index contributed by atoms with van der Waals surface area (Å²) >= 11 is 6.90. The van der Waals surface area contributed by atoms with Crippen LogP contribution < -0.4 is 15.2 Å². The molecule has 1 aromatic heterocycles. The van der Waals surface area contributed by atoms with E-state index in [-0.39, 0.29) is 11.5 Å². The number of methoxy groups -OCH3 is 1. The third kappa shape index (κ3) is 5.24. The molecule has 2 aliphatic rings. The first-order chi connectivity index (χ1) is 18.5. The summed E-state index contributed by atoms with van der Waals surface area (Å²) in [5, 5.41) is 1.05. The van der Waals surface area contributed by atoms with Gasteiger partial charge in [-0.15, -0.1) is 0 Å². The normalized spacial score (nSPS) is 17.5. The lowest BCUT2D eigenvalue weighted by atomic mass is 10.1. The summed E-state index contributed by atoms with van der Waals surface area (Å²) in [7, 11) is 1.64. The number of ether oxygens (including phenoxy) is 1. The fourth-order valence-electron chi connectivity index (χ4n) is 5.35. The molecule has 38 heavy (non-hydrogen) atoms. The van der Waals surface area contributed by atoms with Crippen molar-refractivity contribution in [2.24, 2.45) is 0 Å². The minimum Gasteiger partial charge on any atom is -0.497 e. The number of benzene rings is 2. The number of pyridine rings is 1. The zero-order valence-electron chi connectivity index (χ0n) is 21.9. The topological polar surface area (TPSA) is 54.8 Å². The molecule has 198 valence electrons. The molecule has 2 saturated heterocycles. The van der Waals surface area contributed by atoms with Gasteiger partial charge >= 0.3 is 0 Å². The van der Waals surface area contributed by atoms with E-state index in [9.17, 15) is 9.59 Å². The van der Waals surface area contributed by atoms with Crippen LogP contribution in [-0.2, 0) is 17.8 Å². The van der Waals surface area contributed by atoms with E-state index < -0.39 is 0 Å². The quantitative estimate of drug-likeness (QED) is 0.273. The fourth-order valence-corrected chi connectivity index (χ4v) is 6.64. The van der Waals surface area contributed by atoms with Gasteiger partial charge in [-0.1, -0.05) is 67.2 Å². The largest absolute Gasteiger partial charge is 0.497 e. The number of carbonyl (C=O) groups excluding carboxylic acids is 1. The molecule has 0 bridgehead atoms. The highest BCUT2D eigenvalue weighted by Gasteiger charge is 2.33. The van der Waals surface area contributed by atoms with Crippen LogP contribution in [0.4, 0.5) is 5.69 Å². The molecule has 3 heterocycles. The molecule has 5 rings (SSSR count). The van der Waals surface area contributed by atoms with Crippen LogP contribution >= 0.6 is 24.0 Å². The van der Waals surface area contributed by atoms with Crippen molar-refractivity contribution in [2.75, 3.05) is 31.6 Å². The van der Waals surface area contributed by atoms with E-state index in [4.69, 9.17) is 17.0 Å². The molecule has 0 aliphatic carbocycles. The van der Waals surface area contributed by atoms with Gasteiger partial charge in [0, 0.05) is 31.6 Å². The number of thiocarbonyl (C=S) groups is 1. The maximum absolute atomic E-state index is 13.9. The Hall–Kier alpha value is -3.10. The molecule has 0 atom stereocenters. The number of aryl methyl sites for hydroxylation is 1. The van der Waals surface area contributed by atoms with Gasteiger partial charge in [-0.25, -0.2) is 0 Å². The van der Waals surface area contributed by atoms with Crippen LogP contribution in [0.5, 0.6) is 5.75 Å². The highest BCUT2D eigenvalue weighted by molar-refractivity contribution is 8.26. The first-order valence-corrected chi connectivity index (χ1v) is 14.5. The maximum atomic E-state index is 13.9. The summed E-state index contributed by atoms with van der Waals surface area (Å²) in [5.74, 6) is 0.668. The van der Waals surface area contributed by atoms with Gasteiger partial charge in [0.1, 0.15) is 10.1 Å². The average molecular weight is 548 g/mol. The van der Waals surface area contributed by atoms with E-state index >= 15 is 0 Å². The third-order valence-corrected chi connectivity index (χ3v) is 8.73. The van der Waals surface area contributed by atoms with Gasteiger partial charge in [-0.2, -0.15) is 0 Å². The van der Waals surface area contributed by atoms with Crippen molar-refractivity contribution in [3.8, 4) is 5.75 Å². The predicted molar refractivity (Wildman–Crippen MR) is 161 cm³/mol. The van der Waals surface area contributed by atoms with E-state index in [1.54, 1.807) is 18.1 Å². The number of hydrogen-bond acceptors (Lipinski definition) is 6. The van der Waals surface area contributed by atoms with Gasteiger partial charge < -0.3 is 14.2 Å². The van der Waals surface area contributed by atoms with Gasteiger partial charge in [-0.05, 0) is 56.0 Å². The van der Waals surface area contributed by atoms with Crippen molar-refractivity contribution in [2.45, 2.75) is 45.6 Å². The Kier molecular flexibility index (Phi) is 8.19. The Labute approximate surface area is 233 Å². The maximum Gasteiger partial charge on any atom is 0.266 e. The molecule has 2 aliphatic heterocycles. The van der Waals surface area contributed by atoms with Crippen LogP contribution in [0.2, 0.25) is 0 Å². The predicted octanol–water partition coefficient (Wildman–Crippen LogP) is 5.85. The van der Waals surface area contributed by atoms with E-state index in [0.717, 1.165) is 53.8 Å². The molecule has 1 amide bonds. The Morgan fingerprint density at radius 2 is 1.71 bits per heavy atom. The summed E-state index contributed by atoms with van der Waals surface area (Å²) < 4.78 is 7.58. The first-order valence-electron chi connectivity index (χ1n) is 13.3. The van der Waals surface area contributed by atoms with Crippen molar-refractivity contribution >= 4 is 56.9 Å². The number of anilines is 1. The lowest BCUT2D eigenvalue weighted by Gasteiger charge is -2.27. The van der Waals surface area contributed by atoms with Gasteiger partial charge in [-0.3, -0.25) is 14.5 Å². The number of carbonyl (C=O) groups is 1. The highest BCUT2D eigenvalue weighted by Crippen LogP contribution is 2.37. The van der Waals surface area contributed by atoms with Gasteiger partial charge in [0.15, 0.2) is 0 Å². The molecule has 0 spiro atoms. The van der Waals surface area contributed by atoms with Crippen LogP contribution in [0.1, 0.15) is 43.7 Å². The smallest absolute Gasteiger partial charge is 0.266 e. The molecule has 8 heteroatoms. The second-order valence-electron chi connectivity index (χ2n) is 9.66. The summed E-state index contributed by atoms with van der Waals surface area (Å²) in [5.41, 5.74) is 3.51. The number of amides is 1. The van der Waals surface area contributed by atoms with Crippen LogP contribution in [0.3, 0.4) is 0 Å². The Bertz CT molecular complexity index is 1440. The van der Waals surface area contributed by atoms with Crippen molar-refractivity contribution < 1.29 is 9.53 Å². The standard InChI is InChI=1S/C30H33N3O3S2/c1-3-32-25-11-7-6-10-23(25)27(31-17-8-4-5-9-18-31)24(28(32)34)20-26-29(35)33(30(37)38-26)19-16-21-12-14-22(36-2)15-13-21/h6-7,10-15,20H,3-5,8-9,16-19H2,1-2H3. The van der Waals surface area contributed by atoms with Crippen molar-refractivity contribution in [3.63, 3.8) is 0 Å². The number of hydrogen-bond donors (Lipinski definition) is 0. The monoisotopic (exact) mass is 547 g/mol. The lowest BCUT2D eigenvalue weighted by Crippen LogP contribution is -2.31. The van der Waals surface area contributed by atoms with Crippen molar-refractivity contribution in [3.05, 3.63) is 74.9 Å². The molecule has 0 unspecified atom stereocenters. The molecule has 0 radical (unpaired) electrons. The molecular weight excluding hydrogens is 514 g/mol. The third-order valence-electron chi connectivity index (χ3n) is 7.35.